The molecule has 0 spiro atoms. The van der Waals surface area contributed by atoms with Crippen molar-refractivity contribution >= 4 is 17.3 Å². The van der Waals surface area contributed by atoms with Gasteiger partial charge in [-0.3, -0.25) is 23.6 Å². The molecule has 1 amide bonds. The number of aromatic nitrogens is 4. The standard InChI is InChI=1S/C29H33FN6O2/c1-4-19-18-35(25(19)5-2)11-9-31-29(38)21-6-7-24(30)22(12-21)13-27(37)26-16-32-28-14-20(8-10-36(26)28)23-15-33-34(3)17-23/h6-8,10,12,14-17,19,25H,4-5,9,11,13,18H2,1-3H3,(H,31,38)/t19-,25+/m1/s1. The summed E-state index contributed by atoms with van der Waals surface area (Å²) in [5.74, 6) is -0.322. The lowest BCUT2D eigenvalue weighted by Crippen LogP contribution is -2.57. The minimum Gasteiger partial charge on any atom is -0.351 e. The van der Waals surface area contributed by atoms with Gasteiger partial charge in [0.15, 0.2) is 5.78 Å². The second kappa shape index (κ2) is 10.9. The molecule has 1 aliphatic heterocycles. The lowest BCUT2D eigenvalue weighted by atomic mass is 9.85. The van der Waals surface area contributed by atoms with Gasteiger partial charge in [-0.15, -0.1) is 0 Å². The van der Waals surface area contributed by atoms with Gasteiger partial charge in [-0.25, -0.2) is 9.37 Å². The molecule has 2 atom stereocenters. The Labute approximate surface area is 221 Å². The number of pyridine rings is 1. The monoisotopic (exact) mass is 516 g/mol. The maximum atomic E-state index is 14.6. The molecule has 0 bridgehead atoms. The van der Waals surface area contributed by atoms with Gasteiger partial charge < -0.3 is 5.32 Å². The second-order valence-electron chi connectivity index (χ2n) is 9.99. The summed E-state index contributed by atoms with van der Waals surface area (Å²) in [6.07, 6.45) is 9.07. The van der Waals surface area contributed by atoms with Crippen LogP contribution in [0.15, 0.2) is 55.1 Å². The predicted octanol–water partition coefficient (Wildman–Crippen LogP) is 4.15. The molecule has 38 heavy (non-hydrogen) atoms. The summed E-state index contributed by atoms with van der Waals surface area (Å²) < 4.78 is 18.0. The molecule has 1 aromatic carbocycles. The van der Waals surface area contributed by atoms with E-state index in [1.807, 2.05) is 25.4 Å². The molecule has 5 rings (SSSR count). The van der Waals surface area contributed by atoms with Gasteiger partial charge in [0.2, 0.25) is 0 Å². The Morgan fingerprint density at radius 3 is 2.68 bits per heavy atom. The Kier molecular flexibility index (Phi) is 7.37. The molecule has 9 heteroatoms. The number of fused-ring (bicyclic) bond motifs is 1. The summed E-state index contributed by atoms with van der Waals surface area (Å²) >= 11 is 0. The van der Waals surface area contributed by atoms with E-state index in [2.05, 4.69) is 34.1 Å². The summed E-state index contributed by atoms with van der Waals surface area (Å²) in [4.78, 5) is 32.7. The number of imidazole rings is 1. The van der Waals surface area contributed by atoms with E-state index >= 15 is 0 Å². The molecule has 1 fully saturated rings. The number of likely N-dealkylation sites (tertiary alicyclic amines) is 1. The zero-order chi connectivity index (χ0) is 26.8. The molecule has 1 aliphatic rings. The second-order valence-corrected chi connectivity index (χ2v) is 9.99. The first-order valence-electron chi connectivity index (χ1n) is 13.2. The number of nitrogens with one attached hydrogen (secondary N) is 1. The SMILES string of the molecule is CC[C@@H]1CN(CCNC(=O)c2ccc(F)c(CC(=O)c3cnc4cc(-c5cnn(C)c5)ccn34)c2)[C@H]1CC. The van der Waals surface area contributed by atoms with Crippen molar-refractivity contribution in [3.63, 3.8) is 0 Å². The van der Waals surface area contributed by atoms with Crippen molar-refractivity contribution in [2.24, 2.45) is 13.0 Å². The molecular formula is C29H33FN6O2. The van der Waals surface area contributed by atoms with Crippen LogP contribution in [0, 0.1) is 11.7 Å². The zero-order valence-electron chi connectivity index (χ0n) is 22.0. The van der Waals surface area contributed by atoms with Crippen molar-refractivity contribution in [2.75, 3.05) is 19.6 Å². The fourth-order valence-electron chi connectivity index (χ4n) is 5.44. The highest BCUT2D eigenvalue weighted by atomic mass is 19.1. The van der Waals surface area contributed by atoms with E-state index in [4.69, 9.17) is 0 Å². The molecule has 4 heterocycles. The number of aryl methyl sites for hydroxylation is 1. The van der Waals surface area contributed by atoms with Crippen molar-refractivity contribution in [3.05, 3.63) is 77.8 Å². The van der Waals surface area contributed by atoms with E-state index in [0.29, 0.717) is 29.5 Å². The average molecular weight is 517 g/mol. The fraction of sp³-hybridized carbons (Fsp3) is 0.379. The summed E-state index contributed by atoms with van der Waals surface area (Å²) in [7, 11) is 1.85. The molecule has 0 radical (unpaired) electrons. The number of nitrogens with zero attached hydrogens (tertiary/aromatic N) is 5. The van der Waals surface area contributed by atoms with E-state index < -0.39 is 5.82 Å². The molecule has 198 valence electrons. The fourth-order valence-corrected chi connectivity index (χ4v) is 5.44. The van der Waals surface area contributed by atoms with Gasteiger partial charge in [0.05, 0.1) is 12.4 Å². The van der Waals surface area contributed by atoms with Crippen molar-refractivity contribution < 1.29 is 14.0 Å². The van der Waals surface area contributed by atoms with Gasteiger partial charge >= 0.3 is 0 Å². The average Bonchev–Trinajstić information content (AvgIpc) is 3.53. The van der Waals surface area contributed by atoms with Gasteiger partial charge in [0.25, 0.3) is 5.91 Å². The number of benzene rings is 1. The van der Waals surface area contributed by atoms with Crippen LogP contribution < -0.4 is 5.32 Å². The molecular weight excluding hydrogens is 483 g/mol. The van der Waals surface area contributed by atoms with Gasteiger partial charge in [0.1, 0.15) is 17.2 Å². The van der Waals surface area contributed by atoms with Crippen LogP contribution >= 0.6 is 0 Å². The van der Waals surface area contributed by atoms with Gasteiger partial charge in [0, 0.05) is 62.7 Å². The molecule has 4 aromatic rings. The van der Waals surface area contributed by atoms with Gasteiger partial charge in [-0.2, -0.15) is 5.10 Å². The number of Topliss-reactive ketones (excluding diaryl/α,β-unsaturated/α-hetero) is 1. The van der Waals surface area contributed by atoms with E-state index in [-0.39, 0.29) is 23.7 Å². The predicted molar refractivity (Wildman–Crippen MR) is 144 cm³/mol. The van der Waals surface area contributed by atoms with E-state index in [9.17, 15) is 14.0 Å². The van der Waals surface area contributed by atoms with Crippen LogP contribution in [0.25, 0.3) is 16.8 Å². The van der Waals surface area contributed by atoms with Crippen LogP contribution in [0.4, 0.5) is 4.39 Å². The summed E-state index contributed by atoms with van der Waals surface area (Å²) in [6, 6.07) is 8.53. The van der Waals surface area contributed by atoms with Crippen LogP contribution in [0.3, 0.4) is 0 Å². The van der Waals surface area contributed by atoms with Crippen LogP contribution in [-0.2, 0) is 13.5 Å². The van der Waals surface area contributed by atoms with E-state index in [0.717, 1.165) is 36.6 Å². The topological polar surface area (TPSA) is 84.5 Å². The molecule has 8 nitrogen and oxygen atoms in total. The van der Waals surface area contributed by atoms with Gasteiger partial charge in [-0.05, 0) is 53.8 Å². The lowest BCUT2D eigenvalue weighted by molar-refractivity contribution is 0.0118. The van der Waals surface area contributed by atoms with E-state index in [1.165, 1.54) is 30.8 Å². The molecule has 0 aliphatic carbocycles. The summed E-state index contributed by atoms with van der Waals surface area (Å²) in [5, 5.41) is 7.13. The molecule has 0 unspecified atom stereocenters. The number of carbonyl (C=O) groups is 2. The zero-order valence-corrected chi connectivity index (χ0v) is 22.0. The Hall–Kier alpha value is -3.85. The Balaban J connectivity index is 1.24. The van der Waals surface area contributed by atoms with Gasteiger partial charge in [-0.1, -0.05) is 20.3 Å². The van der Waals surface area contributed by atoms with Crippen LogP contribution in [0.1, 0.15) is 53.1 Å². The largest absolute Gasteiger partial charge is 0.351 e. The lowest BCUT2D eigenvalue weighted by Gasteiger charge is -2.48. The summed E-state index contributed by atoms with van der Waals surface area (Å²) in [6.45, 7) is 6.82. The number of hydrogen-bond donors (Lipinski definition) is 1. The number of amides is 1. The minimum atomic E-state index is -0.514. The first-order chi connectivity index (χ1) is 18.4. The molecule has 0 saturated carbocycles. The van der Waals surface area contributed by atoms with Crippen LogP contribution in [0.2, 0.25) is 0 Å². The number of carbonyl (C=O) groups excluding carboxylic acids is 2. The number of ketones is 1. The Bertz CT molecular complexity index is 1480. The van der Waals surface area contributed by atoms with Crippen LogP contribution in [-0.4, -0.2) is 61.4 Å². The molecule has 1 N–H and O–H groups in total. The quantitative estimate of drug-likeness (QED) is 0.320. The first-order valence-corrected chi connectivity index (χ1v) is 13.2. The highest BCUT2D eigenvalue weighted by molar-refractivity contribution is 5.98. The maximum Gasteiger partial charge on any atom is 0.251 e. The third-order valence-electron chi connectivity index (χ3n) is 7.61. The smallest absolute Gasteiger partial charge is 0.251 e. The van der Waals surface area contributed by atoms with E-state index in [1.54, 1.807) is 21.5 Å². The number of rotatable bonds is 10. The van der Waals surface area contributed by atoms with Crippen molar-refractivity contribution in [1.82, 2.24) is 29.4 Å². The molecule has 3 aromatic heterocycles. The third kappa shape index (κ3) is 5.11. The highest BCUT2D eigenvalue weighted by Crippen LogP contribution is 2.29. The van der Waals surface area contributed by atoms with Crippen molar-refractivity contribution in [2.45, 2.75) is 39.2 Å². The van der Waals surface area contributed by atoms with Crippen molar-refractivity contribution in [3.8, 4) is 11.1 Å². The maximum absolute atomic E-state index is 14.6. The number of hydrogen-bond acceptors (Lipinski definition) is 5. The summed E-state index contributed by atoms with van der Waals surface area (Å²) in [5.41, 5.74) is 3.38. The van der Waals surface area contributed by atoms with Crippen LogP contribution in [0.5, 0.6) is 0 Å². The normalized spacial score (nSPS) is 17.5. The highest BCUT2D eigenvalue weighted by Gasteiger charge is 2.35. The minimum absolute atomic E-state index is 0.171. The Morgan fingerprint density at radius 2 is 1.95 bits per heavy atom. The number of halogens is 1. The van der Waals surface area contributed by atoms with Crippen molar-refractivity contribution in [1.29, 1.82) is 0 Å². The third-order valence-corrected chi connectivity index (χ3v) is 7.61. The first kappa shape index (κ1) is 25.8. The Morgan fingerprint density at radius 1 is 1.11 bits per heavy atom. The molecule has 1 saturated heterocycles.